The zero-order chi connectivity index (χ0) is 12.1. The summed E-state index contributed by atoms with van der Waals surface area (Å²) in [6.45, 7) is 4.74. The molecule has 0 bridgehead atoms. The molecule has 0 aromatic rings. The Hall–Kier alpha value is -0.320. The fourth-order valence-electron chi connectivity index (χ4n) is 3.04. The van der Waals surface area contributed by atoms with E-state index in [1.165, 1.54) is 25.7 Å². The highest BCUT2D eigenvalue weighted by Gasteiger charge is 2.36. The number of hydrogen-bond acceptors (Lipinski definition) is 3. The van der Waals surface area contributed by atoms with Crippen molar-refractivity contribution in [2.75, 3.05) is 39.9 Å². The van der Waals surface area contributed by atoms with Crippen LogP contribution in [0.25, 0.3) is 0 Å². The number of methoxy groups -OCH3 is 1. The minimum Gasteiger partial charge on any atom is -0.384 e. The monoisotopic (exact) mass is 276 g/mol. The summed E-state index contributed by atoms with van der Waals surface area (Å²) in [5, 5.41) is 3.42. The number of nitrogens with zero attached hydrogens (tertiary/aromatic N) is 1. The van der Waals surface area contributed by atoms with Gasteiger partial charge in [0.15, 0.2) is 0 Å². The van der Waals surface area contributed by atoms with E-state index in [9.17, 15) is 4.79 Å². The van der Waals surface area contributed by atoms with Crippen molar-refractivity contribution in [1.29, 1.82) is 0 Å². The Morgan fingerprint density at radius 1 is 1.22 bits per heavy atom. The zero-order valence-electron chi connectivity index (χ0n) is 11.2. The lowest BCUT2D eigenvalue weighted by molar-refractivity contribution is -0.134. The van der Waals surface area contributed by atoms with Gasteiger partial charge in [-0.25, -0.2) is 0 Å². The molecule has 2 aliphatic heterocycles. The third-order valence-corrected chi connectivity index (χ3v) is 4.36. The molecule has 1 N–H and O–H groups in total. The zero-order valence-corrected chi connectivity index (χ0v) is 12.1. The van der Waals surface area contributed by atoms with Crippen LogP contribution in [0.3, 0.4) is 0 Å². The number of likely N-dealkylation sites (tertiary alicyclic amines) is 1. The van der Waals surface area contributed by atoms with Crippen molar-refractivity contribution in [3.05, 3.63) is 0 Å². The van der Waals surface area contributed by atoms with Gasteiger partial charge in [-0.1, -0.05) is 0 Å². The molecule has 2 fully saturated rings. The Morgan fingerprint density at radius 2 is 1.83 bits per heavy atom. The number of rotatable bonds is 3. The van der Waals surface area contributed by atoms with E-state index in [1.54, 1.807) is 7.11 Å². The van der Waals surface area contributed by atoms with Crippen LogP contribution in [0.15, 0.2) is 0 Å². The van der Waals surface area contributed by atoms with E-state index in [0.717, 1.165) is 26.2 Å². The normalized spacial score (nSPS) is 22.6. The fraction of sp³-hybridized carbons (Fsp3) is 0.923. The molecular weight excluding hydrogens is 252 g/mol. The molecule has 2 rings (SSSR count). The van der Waals surface area contributed by atoms with E-state index in [2.05, 4.69) is 5.32 Å². The molecule has 2 heterocycles. The number of carbonyl (C=O) groups is 1. The number of hydrogen-bond donors (Lipinski definition) is 1. The van der Waals surface area contributed by atoms with Crippen molar-refractivity contribution in [1.82, 2.24) is 10.2 Å². The Bertz CT molecular complexity index is 258. The van der Waals surface area contributed by atoms with Crippen LogP contribution in [-0.2, 0) is 9.53 Å². The average molecular weight is 277 g/mol. The molecule has 0 aromatic heterocycles. The summed E-state index contributed by atoms with van der Waals surface area (Å²) in [6.07, 6.45) is 5.48. The van der Waals surface area contributed by atoms with Gasteiger partial charge in [-0.05, 0) is 44.2 Å². The van der Waals surface area contributed by atoms with Crippen molar-refractivity contribution in [2.45, 2.75) is 32.1 Å². The van der Waals surface area contributed by atoms with Crippen LogP contribution in [0, 0.1) is 5.41 Å². The van der Waals surface area contributed by atoms with Crippen molar-refractivity contribution in [3.63, 3.8) is 0 Å². The van der Waals surface area contributed by atoms with Crippen LogP contribution in [-0.4, -0.2) is 50.7 Å². The lowest BCUT2D eigenvalue weighted by Crippen LogP contribution is -2.47. The Morgan fingerprint density at radius 3 is 2.39 bits per heavy atom. The van der Waals surface area contributed by atoms with Crippen molar-refractivity contribution in [2.24, 2.45) is 5.41 Å². The van der Waals surface area contributed by atoms with E-state index in [4.69, 9.17) is 4.74 Å². The van der Waals surface area contributed by atoms with E-state index in [0.29, 0.717) is 18.4 Å². The molecule has 4 nitrogen and oxygen atoms in total. The van der Waals surface area contributed by atoms with Crippen LogP contribution in [0.2, 0.25) is 0 Å². The maximum absolute atomic E-state index is 11.9. The summed E-state index contributed by atoms with van der Waals surface area (Å²) in [5.41, 5.74) is 0.531. The molecule has 0 aromatic carbocycles. The number of carbonyl (C=O) groups excluding carboxylic acids is 1. The molecule has 106 valence electrons. The molecule has 1 amide bonds. The standard InChI is InChI=1S/C13H24N2O2.ClH/c1-17-11-2-12(16)15-9-5-13(6-10-15)3-7-14-8-4-13;/h14H,2-11H2,1H3;1H. The van der Waals surface area contributed by atoms with Gasteiger partial charge in [0.05, 0.1) is 13.0 Å². The van der Waals surface area contributed by atoms with E-state index >= 15 is 0 Å². The number of piperidine rings is 2. The highest BCUT2D eigenvalue weighted by atomic mass is 35.5. The number of halogens is 1. The van der Waals surface area contributed by atoms with Gasteiger partial charge < -0.3 is 15.0 Å². The van der Waals surface area contributed by atoms with Crippen LogP contribution < -0.4 is 5.32 Å². The van der Waals surface area contributed by atoms with Crippen LogP contribution in [0.1, 0.15) is 32.1 Å². The second kappa shape index (κ2) is 7.31. The van der Waals surface area contributed by atoms with E-state index in [-0.39, 0.29) is 18.3 Å². The predicted molar refractivity (Wildman–Crippen MR) is 74.1 cm³/mol. The van der Waals surface area contributed by atoms with Crippen molar-refractivity contribution in [3.8, 4) is 0 Å². The summed E-state index contributed by atoms with van der Waals surface area (Å²) in [5.74, 6) is 0.260. The molecule has 0 atom stereocenters. The predicted octanol–water partition coefficient (Wildman–Crippen LogP) is 1.44. The molecule has 5 heteroatoms. The first-order valence-corrected chi connectivity index (χ1v) is 6.73. The summed E-state index contributed by atoms with van der Waals surface area (Å²) >= 11 is 0. The molecule has 1 spiro atoms. The lowest BCUT2D eigenvalue weighted by atomic mass is 9.71. The van der Waals surface area contributed by atoms with Gasteiger partial charge in [-0.15, -0.1) is 12.4 Å². The number of nitrogens with one attached hydrogen (secondary N) is 1. The number of amides is 1. The molecular formula is C13H25ClN2O2. The molecule has 0 aliphatic carbocycles. The Kier molecular flexibility index (Phi) is 6.39. The second-order valence-corrected chi connectivity index (χ2v) is 5.37. The summed E-state index contributed by atoms with van der Waals surface area (Å²) in [7, 11) is 1.65. The van der Waals surface area contributed by atoms with Gasteiger partial charge in [0.2, 0.25) is 5.91 Å². The minimum atomic E-state index is 0. The van der Waals surface area contributed by atoms with Gasteiger partial charge in [0, 0.05) is 20.2 Å². The topological polar surface area (TPSA) is 41.6 Å². The lowest BCUT2D eigenvalue weighted by Gasteiger charge is -2.44. The first-order valence-electron chi connectivity index (χ1n) is 6.73. The maximum Gasteiger partial charge on any atom is 0.224 e. The molecule has 2 aliphatic rings. The van der Waals surface area contributed by atoms with Gasteiger partial charge in [-0.2, -0.15) is 0 Å². The van der Waals surface area contributed by atoms with Gasteiger partial charge >= 0.3 is 0 Å². The smallest absolute Gasteiger partial charge is 0.224 e. The minimum absolute atomic E-state index is 0. The quantitative estimate of drug-likeness (QED) is 0.848. The van der Waals surface area contributed by atoms with E-state index in [1.807, 2.05) is 4.90 Å². The summed E-state index contributed by atoms with van der Waals surface area (Å²) in [6, 6.07) is 0. The first-order chi connectivity index (χ1) is 8.26. The highest BCUT2D eigenvalue weighted by molar-refractivity contribution is 5.85. The Balaban J connectivity index is 0.00000162. The van der Waals surface area contributed by atoms with Crippen LogP contribution in [0.4, 0.5) is 0 Å². The largest absolute Gasteiger partial charge is 0.384 e. The maximum atomic E-state index is 11.9. The molecule has 18 heavy (non-hydrogen) atoms. The van der Waals surface area contributed by atoms with Gasteiger partial charge in [-0.3, -0.25) is 4.79 Å². The van der Waals surface area contributed by atoms with Crippen LogP contribution >= 0.6 is 12.4 Å². The SMILES string of the molecule is COCCC(=O)N1CCC2(CCNCC2)CC1.Cl. The third-order valence-electron chi connectivity index (χ3n) is 4.36. The summed E-state index contributed by atoms with van der Waals surface area (Å²) < 4.78 is 4.96. The number of ether oxygens (including phenoxy) is 1. The Labute approximate surface area is 116 Å². The third kappa shape index (κ3) is 3.84. The average Bonchev–Trinajstić information content (AvgIpc) is 2.38. The second-order valence-electron chi connectivity index (χ2n) is 5.37. The summed E-state index contributed by atoms with van der Waals surface area (Å²) in [4.78, 5) is 13.9. The molecule has 0 radical (unpaired) electrons. The van der Waals surface area contributed by atoms with Crippen LogP contribution in [0.5, 0.6) is 0 Å². The first kappa shape index (κ1) is 15.7. The molecule has 2 saturated heterocycles. The molecule has 0 unspecified atom stereocenters. The van der Waals surface area contributed by atoms with E-state index < -0.39 is 0 Å². The fourth-order valence-corrected chi connectivity index (χ4v) is 3.04. The van der Waals surface area contributed by atoms with Gasteiger partial charge in [0.1, 0.15) is 0 Å². The molecule has 0 saturated carbocycles. The van der Waals surface area contributed by atoms with Crippen molar-refractivity contribution >= 4 is 18.3 Å². The van der Waals surface area contributed by atoms with Crippen molar-refractivity contribution < 1.29 is 9.53 Å². The highest BCUT2D eigenvalue weighted by Crippen LogP contribution is 2.39. The van der Waals surface area contributed by atoms with Gasteiger partial charge in [0.25, 0.3) is 0 Å².